The van der Waals surface area contributed by atoms with Crippen LogP contribution in [0.15, 0.2) is 0 Å². The van der Waals surface area contributed by atoms with Crippen LogP contribution >= 0.6 is 7.82 Å². The highest BCUT2D eigenvalue weighted by atomic mass is 31.2. The van der Waals surface area contributed by atoms with Gasteiger partial charge in [-0.25, -0.2) is 0 Å². The summed E-state index contributed by atoms with van der Waals surface area (Å²) in [5.41, 5.74) is 0. The van der Waals surface area contributed by atoms with Crippen molar-refractivity contribution in [3.05, 3.63) is 0 Å². The predicted octanol–water partition coefficient (Wildman–Crippen LogP) is -1.15. The van der Waals surface area contributed by atoms with Gasteiger partial charge in [-0.3, -0.25) is 0 Å². The average Bonchev–Trinajstić information content (AvgIpc) is 1.30. The molecule has 0 aromatic heterocycles. The fourth-order valence-electron chi connectivity index (χ4n) is 0.158. The Morgan fingerprint density at radius 1 is 1.71 bits per heavy atom. The Bertz CT molecular complexity index is 83.7. The van der Waals surface area contributed by atoms with Gasteiger partial charge in [0.15, 0.2) is 0 Å². The number of phosphoric acid groups is 1. The molecular formula is C2H5O4P-2. The predicted molar refractivity (Wildman–Crippen MR) is 19.2 cm³/mol. The smallest absolute Gasteiger partial charge is 0.0596 e. The Morgan fingerprint density at radius 3 is 2.14 bits per heavy atom. The van der Waals surface area contributed by atoms with Crippen molar-refractivity contribution in [1.29, 1.82) is 0 Å². The Kier molecular flexibility index (Phi) is 2.46. The van der Waals surface area contributed by atoms with Crippen molar-refractivity contribution >= 4 is 7.82 Å². The topological polar surface area (TPSA) is 72.4 Å². The van der Waals surface area contributed by atoms with Crippen molar-refractivity contribution in [1.82, 2.24) is 0 Å². The molecule has 0 radical (unpaired) electrons. The van der Waals surface area contributed by atoms with Crippen molar-refractivity contribution in [2.45, 2.75) is 6.92 Å². The summed E-state index contributed by atoms with van der Waals surface area (Å²) in [6.45, 7) is 1.35. The molecule has 0 amide bonds. The highest BCUT2D eigenvalue weighted by molar-refractivity contribution is 7.43. The highest BCUT2D eigenvalue weighted by Crippen LogP contribution is 2.23. The maximum Gasteiger partial charge on any atom is 0.0596 e. The first-order valence-electron chi connectivity index (χ1n) is 1.73. The quantitative estimate of drug-likeness (QED) is 0.436. The molecule has 0 fully saturated rings. The number of phosphoric ester groups is 1. The Balaban J connectivity index is 3.36. The van der Waals surface area contributed by atoms with E-state index in [0.29, 0.717) is 0 Å². The monoisotopic (exact) mass is 124 g/mol. The standard InChI is InChI=1S/C2H7O4P/c1-2-6-7(3,4)5/h2H2,1H3,(H2,3,4,5)/p-2. The third-order valence-electron chi connectivity index (χ3n) is 0.287. The fraction of sp³-hybridized carbons (Fsp3) is 1.00. The zero-order valence-corrected chi connectivity index (χ0v) is 4.68. The first-order valence-corrected chi connectivity index (χ1v) is 3.19. The van der Waals surface area contributed by atoms with E-state index < -0.39 is 7.82 Å². The SMILES string of the molecule is CCOP(=O)([O-])[O-]. The molecule has 0 N–H and O–H groups in total. The Labute approximate surface area is 41.4 Å². The molecule has 0 aliphatic rings. The molecule has 0 heterocycles. The highest BCUT2D eigenvalue weighted by Gasteiger charge is 1.81. The second kappa shape index (κ2) is 2.43. The number of rotatable bonds is 2. The lowest BCUT2D eigenvalue weighted by molar-refractivity contribution is -0.341. The van der Waals surface area contributed by atoms with Gasteiger partial charge < -0.3 is 18.9 Å². The van der Waals surface area contributed by atoms with Crippen LogP contribution in [0.2, 0.25) is 0 Å². The molecule has 7 heavy (non-hydrogen) atoms. The second-order valence-electron chi connectivity index (χ2n) is 0.865. The van der Waals surface area contributed by atoms with Crippen molar-refractivity contribution in [3.8, 4) is 0 Å². The summed E-state index contributed by atoms with van der Waals surface area (Å²) in [5, 5.41) is 0. The van der Waals surface area contributed by atoms with Crippen LogP contribution in [0.1, 0.15) is 6.92 Å². The van der Waals surface area contributed by atoms with E-state index in [1.165, 1.54) is 6.92 Å². The van der Waals surface area contributed by atoms with Gasteiger partial charge in [-0.05, 0) is 6.92 Å². The van der Waals surface area contributed by atoms with Gasteiger partial charge in [0.25, 0.3) is 0 Å². The largest absolute Gasteiger partial charge is 0.790 e. The van der Waals surface area contributed by atoms with Gasteiger partial charge in [-0.2, -0.15) is 0 Å². The van der Waals surface area contributed by atoms with Gasteiger partial charge in [0, 0.05) is 6.61 Å². The van der Waals surface area contributed by atoms with Gasteiger partial charge >= 0.3 is 0 Å². The molecule has 0 unspecified atom stereocenters. The van der Waals surface area contributed by atoms with E-state index in [-0.39, 0.29) is 6.61 Å². The van der Waals surface area contributed by atoms with Crippen LogP contribution in [-0.4, -0.2) is 6.61 Å². The number of hydrogen-bond acceptors (Lipinski definition) is 4. The van der Waals surface area contributed by atoms with Crippen LogP contribution < -0.4 is 9.79 Å². The van der Waals surface area contributed by atoms with Crippen molar-refractivity contribution in [2.75, 3.05) is 6.61 Å². The summed E-state index contributed by atoms with van der Waals surface area (Å²) in [5.74, 6) is 0. The molecule has 0 saturated carbocycles. The molecule has 0 aromatic carbocycles. The second-order valence-corrected chi connectivity index (χ2v) is 2.02. The lowest BCUT2D eigenvalue weighted by Crippen LogP contribution is -2.15. The van der Waals surface area contributed by atoms with Gasteiger partial charge in [0.2, 0.25) is 0 Å². The lowest BCUT2D eigenvalue weighted by atomic mass is 10.9. The molecule has 0 aliphatic carbocycles. The Morgan fingerprint density at radius 2 is 2.14 bits per heavy atom. The summed E-state index contributed by atoms with van der Waals surface area (Å²) >= 11 is 0. The summed E-state index contributed by atoms with van der Waals surface area (Å²) in [6, 6.07) is 0. The molecule has 0 bridgehead atoms. The molecule has 0 saturated heterocycles. The van der Waals surface area contributed by atoms with Crippen molar-refractivity contribution in [2.24, 2.45) is 0 Å². The molecule has 0 aromatic rings. The Hall–Kier alpha value is 0.110. The van der Waals surface area contributed by atoms with E-state index in [0.717, 1.165) is 0 Å². The van der Waals surface area contributed by atoms with E-state index in [1.54, 1.807) is 0 Å². The minimum atomic E-state index is -4.67. The van der Waals surface area contributed by atoms with Crippen LogP contribution in [0.25, 0.3) is 0 Å². The van der Waals surface area contributed by atoms with E-state index in [1.807, 2.05) is 0 Å². The van der Waals surface area contributed by atoms with E-state index in [9.17, 15) is 14.4 Å². The molecule has 0 atom stereocenters. The maximum atomic E-state index is 9.48. The van der Waals surface area contributed by atoms with E-state index in [2.05, 4.69) is 4.52 Å². The summed E-state index contributed by atoms with van der Waals surface area (Å²) in [4.78, 5) is 19.0. The van der Waals surface area contributed by atoms with Crippen LogP contribution in [-0.2, 0) is 9.09 Å². The summed E-state index contributed by atoms with van der Waals surface area (Å²) < 4.78 is 13.2. The van der Waals surface area contributed by atoms with Crippen molar-refractivity contribution in [3.63, 3.8) is 0 Å². The average molecular weight is 124 g/mol. The molecule has 0 aliphatic heterocycles. The fourth-order valence-corrected chi connectivity index (χ4v) is 0.474. The maximum absolute atomic E-state index is 9.48. The van der Waals surface area contributed by atoms with Gasteiger partial charge in [0.1, 0.15) is 0 Å². The van der Waals surface area contributed by atoms with Crippen LogP contribution in [0.4, 0.5) is 0 Å². The third-order valence-corrected chi connectivity index (χ3v) is 0.862. The number of hydrogen-bond donors (Lipinski definition) is 0. The third kappa shape index (κ3) is 6.11. The summed E-state index contributed by atoms with van der Waals surface area (Å²) in [7, 11) is -4.67. The van der Waals surface area contributed by atoms with Crippen LogP contribution in [0, 0.1) is 0 Å². The first-order chi connectivity index (χ1) is 3.06. The molecule has 5 heteroatoms. The van der Waals surface area contributed by atoms with Gasteiger partial charge in [-0.15, -0.1) is 0 Å². The van der Waals surface area contributed by atoms with Gasteiger partial charge in [0.05, 0.1) is 7.82 Å². The van der Waals surface area contributed by atoms with Gasteiger partial charge in [-0.1, -0.05) is 0 Å². The van der Waals surface area contributed by atoms with E-state index in [4.69, 9.17) is 0 Å². The summed E-state index contributed by atoms with van der Waals surface area (Å²) in [6.07, 6.45) is 0. The zero-order chi connectivity index (χ0) is 5.91. The molecule has 0 spiro atoms. The van der Waals surface area contributed by atoms with E-state index >= 15 is 0 Å². The molecule has 4 nitrogen and oxygen atoms in total. The van der Waals surface area contributed by atoms with Crippen LogP contribution in [0.3, 0.4) is 0 Å². The molecule has 44 valence electrons. The molecular weight excluding hydrogens is 119 g/mol. The minimum absolute atomic E-state index is 0.0791. The first kappa shape index (κ1) is 7.11. The van der Waals surface area contributed by atoms with Crippen molar-refractivity contribution < 1.29 is 18.9 Å². The normalized spacial score (nSPS) is 11.9. The van der Waals surface area contributed by atoms with Crippen LogP contribution in [0.5, 0.6) is 0 Å². The molecule has 0 rings (SSSR count). The minimum Gasteiger partial charge on any atom is -0.790 e. The zero-order valence-electron chi connectivity index (χ0n) is 3.79. The lowest BCUT2D eigenvalue weighted by Gasteiger charge is -2.27.